The number of hydrogen-bond acceptors (Lipinski definition) is 4. The minimum absolute atomic E-state index is 0.101. The van der Waals surface area contributed by atoms with Gasteiger partial charge in [0.25, 0.3) is 5.91 Å². The Morgan fingerprint density at radius 3 is 2.83 bits per heavy atom. The first-order chi connectivity index (χ1) is 11.4. The van der Waals surface area contributed by atoms with Gasteiger partial charge in [-0.2, -0.15) is 0 Å². The smallest absolute Gasteiger partial charge is 0.325 e. The van der Waals surface area contributed by atoms with Crippen LogP contribution >= 0.6 is 0 Å². The van der Waals surface area contributed by atoms with Gasteiger partial charge in [-0.3, -0.25) is 14.5 Å². The lowest BCUT2D eigenvalue weighted by Gasteiger charge is -2.36. The first kappa shape index (κ1) is 18.7. The summed E-state index contributed by atoms with van der Waals surface area (Å²) in [5.41, 5.74) is -0.805. The standard InChI is InChI=1S/C17H29N3O4/c1-12(2)24-10-6-9-18-14(21)11-20-15(22)17(19-16(20)23)8-5-4-7-13(17)3/h12-13H,4-11H2,1-3H3,(H,18,21)(H,19,23)/t13-,17+/m1/s1. The van der Waals surface area contributed by atoms with Crippen molar-refractivity contribution < 1.29 is 19.1 Å². The van der Waals surface area contributed by atoms with Gasteiger partial charge in [-0.15, -0.1) is 0 Å². The highest BCUT2D eigenvalue weighted by atomic mass is 16.5. The number of carbonyl (C=O) groups is 3. The van der Waals surface area contributed by atoms with E-state index in [9.17, 15) is 14.4 Å². The van der Waals surface area contributed by atoms with E-state index in [0.717, 1.165) is 24.2 Å². The third kappa shape index (κ3) is 4.06. The first-order valence-corrected chi connectivity index (χ1v) is 8.89. The lowest BCUT2D eigenvalue weighted by Crippen LogP contribution is -2.54. The van der Waals surface area contributed by atoms with Crippen LogP contribution in [0.2, 0.25) is 0 Å². The predicted molar refractivity (Wildman–Crippen MR) is 89.3 cm³/mol. The summed E-state index contributed by atoms with van der Waals surface area (Å²) in [6.07, 6.45) is 4.44. The van der Waals surface area contributed by atoms with Crippen LogP contribution in [0.4, 0.5) is 4.79 Å². The topological polar surface area (TPSA) is 87.7 Å². The highest BCUT2D eigenvalue weighted by Crippen LogP contribution is 2.38. The fourth-order valence-corrected chi connectivity index (χ4v) is 3.46. The Morgan fingerprint density at radius 1 is 1.42 bits per heavy atom. The van der Waals surface area contributed by atoms with Crippen LogP contribution in [-0.2, 0) is 14.3 Å². The molecule has 1 aliphatic carbocycles. The Hall–Kier alpha value is -1.63. The second-order valence-corrected chi connectivity index (χ2v) is 7.06. The van der Waals surface area contributed by atoms with Crippen molar-refractivity contribution in [3.05, 3.63) is 0 Å². The van der Waals surface area contributed by atoms with Gasteiger partial charge in [-0.25, -0.2) is 4.79 Å². The van der Waals surface area contributed by atoms with Crippen LogP contribution in [-0.4, -0.2) is 54.1 Å². The van der Waals surface area contributed by atoms with Crippen molar-refractivity contribution in [1.29, 1.82) is 0 Å². The number of ether oxygens (including phenoxy) is 1. The van der Waals surface area contributed by atoms with Crippen molar-refractivity contribution in [3.63, 3.8) is 0 Å². The SMILES string of the molecule is CC(C)OCCCNC(=O)CN1C(=O)N[C@]2(CCCC[C@H]2C)C1=O. The Labute approximate surface area is 143 Å². The van der Waals surface area contributed by atoms with E-state index in [1.807, 2.05) is 20.8 Å². The van der Waals surface area contributed by atoms with E-state index in [1.54, 1.807) is 0 Å². The number of urea groups is 1. The van der Waals surface area contributed by atoms with Gasteiger partial charge in [-0.1, -0.05) is 19.8 Å². The Morgan fingerprint density at radius 2 is 2.17 bits per heavy atom. The second-order valence-electron chi connectivity index (χ2n) is 7.06. The maximum atomic E-state index is 12.7. The highest BCUT2D eigenvalue weighted by molar-refractivity contribution is 6.09. The van der Waals surface area contributed by atoms with Crippen LogP contribution in [0.1, 0.15) is 52.9 Å². The molecule has 0 aromatic heterocycles. The number of hydrogen-bond donors (Lipinski definition) is 2. The first-order valence-electron chi connectivity index (χ1n) is 8.89. The zero-order valence-electron chi connectivity index (χ0n) is 14.9. The molecule has 0 radical (unpaired) electrons. The molecule has 1 aliphatic heterocycles. The minimum atomic E-state index is -0.805. The quantitative estimate of drug-likeness (QED) is 0.542. The van der Waals surface area contributed by atoms with E-state index in [2.05, 4.69) is 10.6 Å². The van der Waals surface area contributed by atoms with Crippen molar-refractivity contribution >= 4 is 17.8 Å². The number of nitrogens with zero attached hydrogens (tertiary/aromatic N) is 1. The van der Waals surface area contributed by atoms with Gasteiger partial charge in [-0.05, 0) is 39.0 Å². The van der Waals surface area contributed by atoms with Crippen molar-refractivity contribution in [2.24, 2.45) is 5.92 Å². The second kappa shape index (κ2) is 7.96. The molecule has 1 heterocycles. The molecule has 2 fully saturated rings. The van der Waals surface area contributed by atoms with Gasteiger partial charge in [0, 0.05) is 13.2 Å². The van der Waals surface area contributed by atoms with Gasteiger partial charge in [0.1, 0.15) is 12.1 Å². The molecule has 0 aromatic carbocycles. The maximum Gasteiger partial charge on any atom is 0.325 e. The molecule has 0 aromatic rings. The van der Waals surface area contributed by atoms with Crippen LogP contribution in [0.15, 0.2) is 0 Å². The zero-order valence-corrected chi connectivity index (χ0v) is 14.9. The summed E-state index contributed by atoms with van der Waals surface area (Å²) in [6.45, 7) is 6.73. The van der Waals surface area contributed by atoms with Crippen LogP contribution in [0, 0.1) is 5.92 Å². The largest absolute Gasteiger partial charge is 0.379 e. The summed E-state index contributed by atoms with van der Waals surface area (Å²) < 4.78 is 5.40. The third-order valence-corrected chi connectivity index (χ3v) is 4.90. The summed E-state index contributed by atoms with van der Waals surface area (Å²) in [6, 6.07) is -0.452. The third-order valence-electron chi connectivity index (χ3n) is 4.90. The average Bonchev–Trinajstić information content (AvgIpc) is 2.75. The number of rotatable bonds is 7. The molecular weight excluding hydrogens is 310 g/mol. The van der Waals surface area contributed by atoms with E-state index in [1.165, 1.54) is 0 Å². The number of nitrogens with one attached hydrogen (secondary N) is 2. The van der Waals surface area contributed by atoms with Gasteiger partial charge >= 0.3 is 6.03 Å². The molecule has 24 heavy (non-hydrogen) atoms. The Bertz CT molecular complexity index is 494. The van der Waals surface area contributed by atoms with Gasteiger partial charge in [0.15, 0.2) is 0 Å². The monoisotopic (exact) mass is 339 g/mol. The van der Waals surface area contributed by atoms with Crippen molar-refractivity contribution in [2.45, 2.75) is 64.5 Å². The number of amides is 4. The predicted octanol–water partition coefficient (Wildman–Crippen LogP) is 1.42. The van der Waals surface area contributed by atoms with Gasteiger partial charge < -0.3 is 15.4 Å². The van der Waals surface area contributed by atoms with Crippen molar-refractivity contribution in [2.75, 3.05) is 19.7 Å². The van der Waals surface area contributed by atoms with Gasteiger partial charge in [0.05, 0.1) is 6.10 Å². The van der Waals surface area contributed by atoms with Gasteiger partial charge in [0.2, 0.25) is 5.91 Å². The summed E-state index contributed by atoms with van der Waals surface area (Å²) in [4.78, 5) is 38.0. The summed E-state index contributed by atoms with van der Waals surface area (Å²) in [7, 11) is 0. The Kier molecular flexibility index (Phi) is 6.21. The molecule has 7 heteroatoms. The van der Waals surface area contributed by atoms with Crippen LogP contribution in [0.5, 0.6) is 0 Å². The highest BCUT2D eigenvalue weighted by Gasteiger charge is 2.55. The molecule has 0 bridgehead atoms. The van der Waals surface area contributed by atoms with E-state index in [4.69, 9.17) is 4.74 Å². The molecule has 136 valence electrons. The summed E-state index contributed by atoms with van der Waals surface area (Å²) in [5, 5.41) is 5.58. The fourth-order valence-electron chi connectivity index (χ4n) is 3.46. The Balaban J connectivity index is 1.83. The molecule has 2 N–H and O–H groups in total. The van der Waals surface area contributed by atoms with E-state index < -0.39 is 11.6 Å². The molecular formula is C17H29N3O4. The van der Waals surface area contributed by atoms with E-state index >= 15 is 0 Å². The normalized spacial score (nSPS) is 27.0. The lowest BCUT2D eigenvalue weighted by atomic mass is 9.73. The van der Waals surface area contributed by atoms with E-state index in [0.29, 0.717) is 26.0 Å². The molecule has 1 spiro atoms. The van der Waals surface area contributed by atoms with Crippen LogP contribution in [0.3, 0.4) is 0 Å². The van der Waals surface area contributed by atoms with E-state index in [-0.39, 0.29) is 30.4 Å². The zero-order chi connectivity index (χ0) is 17.7. The number of carbonyl (C=O) groups excluding carboxylic acids is 3. The van der Waals surface area contributed by atoms with Crippen LogP contribution in [0.25, 0.3) is 0 Å². The molecule has 7 nitrogen and oxygen atoms in total. The molecule has 2 aliphatic rings. The summed E-state index contributed by atoms with van der Waals surface area (Å²) >= 11 is 0. The molecule has 1 saturated carbocycles. The molecule has 0 unspecified atom stereocenters. The maximum absolute atomic E-state index is 12.7. The molecule has 2 rings (SSSR count). The molecule has 2 atom stereocenters. The molecule has 4 amide bonds. The average molecular weight is 339 g/mol. The summed E-state index contributed by atoms with van der Waals surface area (Å²) in [5.74, 6) is -0.467. The van der Waals surface area contributed by atoms with Crippen molar-refractivity contribution in [3.8, 4) is 0 Å². The van der Waals surface area contributed by atoms with Crippen molar-refractivity contribution in [1.82, 2.24) is 15.5 Å². The number of imide groups is 1. The minimum Gasteiger partial charge on any atom is -0.379 e. The molecule has 1 saturated heterocycles. The lowest BCUT2D eigenvalue weighted by molar-refractivity contribution is -0.137. The van der Waals surface area contributed by atoms with Crippen LogP contribution < -0.4 is 10.6 Å². The fraction of sp³-hybridized carbons (Fsp3) is 0.824.